The van der Waals surface area contributed by atoms with Crippen LogP contribution in [-0.4, -0.2) is 10.2 Å². The summed E-state index contributed by atoms with van der Waals surface area (Å²) < 4.78 is 12.0. The fourth-order valence-corrected chi connectivity index (χ4v) is 3.76. The van der Waals surface area contributed by atoms with E-state index >= 15 is 0 Å². The zero-order valence-electron chi connectivity index (χ0n) is 13.7. The van der Waals surface area contributed by atoms with Gasteiger partial charge in [0.15, 0.2) is 0 Å². The molecule has 0 radical (unpaired) electrons. The van der Waals surface area contributed by atoms with Crippen molar-refractivity contribution in [1.82, 2.24) is 10.2 Å². The molecule has 0 fully saturated rings. The molecule has 0 atom stereocenters. The predicted molar refractivity (Wildman–Crippen MR) is 104 cm³/mol. The van der Waals surface area contributed by atoms with E-state index in [1.54, 1.807) is 0 Å². The molecule has 130 valence electrons. The van der Waals surface area contributed by atoms with Crippen molar-refractivity contribution in [2.75, 3.05) is 0 Å². The van der Waals surface area contributed by atoms with Crippen LogP contribution in [0.4, 0.5) is 0 Å². The minimum atomic E-state index is -0.362. The maximum Gasteiger partial charge on any atom is 0.336 e. The summed E-state index contributed by atoms with van der Waals surface area (Å²) in [5.74, 6) is 0.993. The summed E-state index contributed by atoms with van der Waals surface area (Å²) in [6.45, 7) is 1.96. The van der Waals surface area contributed by atoms with Gasteiger partial charge in [0.1, 0.15) is 5.58 Å². The van der Waals surface area contributed by atoms with Crippen molar-refractivity contribution in [1.29, 1.82) is 0 Å². The van der Waals surface area contributed by atoms with Crippen molar-refractivity contribution < 1.29 is 8.83 Å². The first-order chi connectivity index (χ1) is 12.6. The highest BCUT2D eigenvalue weighted by molar-refractivity contribution is 9.10. The molecule has 0 N–H and O–H groups in total. The van der Waals surface area contributed by atoms with Crippen molar-refractivity contribution in [3.05, 3.63) is 74.6 Å². The van der Waals surface area contributed by atoms with Crippen LogP contribution >= 0.6 is 27.7 Å². The lowest BCUT2D eigenvalue weighted by Gasteiger charge is -2.04. The molecule has 2 aromatic carbocycles. The van der Waals surface area contributed by atoms with Crippen LogP contribution in [0, 0.1) is 6.92 Å². The van der Waals surface area contributed by atoms with E-state index in [-0.39, 0.29) is 5.63 Å². The van der Waals surface area contributed by atoms with Crippen LogP contribution < -0.4 is 5.63 Å². The maximum atomic E-state index is 11.8. The predicted octanol–water partition coefficient (Wildman–Crippen LogP) is 5.21. The van der Waals surface area contributed by atoms with Gasteiger partial charge in [0.2, 0.25) is 5.89 Å². The minimum Gasteiger partial charge on any atom is -0.423 e. The van der Waals surface area contributed by atoms with E-state index in [4.69, 9.17) is 8.83 Å². The van der Waals surface area contributed by atoms with E-state index in [1.807, 2.05) is 49.4 Å². The lowest BCUT2D eigenvalue weighted by molar-refractivity contribution is 0.466. The Labute approximate surface area is 161 Å². The fraction of sp³-hybridized carbons (Fsp3) is 0.105. The zero-order valence-corrected chi connectivity index (χ0v) is 16.1. The number of aromatic nitrogens is 2. The summed E-state index contributed by atoms with van der Waals surface area (Å²) in [4.78, 5) is 11.8. The first kappa shape index (κ1) is 17.1. The van der Waals surface area contributed by atoms with E-state index in [9.17, 15) is 4.79 Å². The standard InChI is InChI=1S/C19H13BrN2O3S/c1-11-5-6-15-13(9-17(23)24-16(15)7-11)10-26-19-22-21-18(25-19)12-3-2-4-14(20)8-12/h2-9H,10H2,1H3. The van der Waals surface area contributed by atoms with Gasteiger partial charge in [-0.15, -0.1) is 10.2 Å². The van der Waals surface area contributed by atoms with Crippen molar-refractivity contribution >= 4 is 38.7 Å². The molecule has 7 heteroatoms. The Morgan fingerprint density at radius 1 is 1.08 bits per heavy atom. The molecule has 0 bridgehead atoms. The number of thioether (sulfide) groups is 1. The summed E-state index contributed by atoms with van der Waals surface area (Å²) >= 11 is 4.82. The minimum absolute atomic E-state index is 0.362. The fourth-order valence-electron chi connectivity index (χ4n) is 2.60. The third-order valence-electron chi connectivity index (χ3n) is 3.81. The topological polar surface area (TPSA) is 69.1 Å². The van der Waals surface area contributed by atoms with Gasteiger partial charge in [-0.2, -0.15) is 0 Å². The number of rotatable bonds is 4. The highest BCUT2D eigenvalue weighted by atomic mass is 79.9. The van der Waals surface area contributed by atoms with Gasteiger partial charge in [0.25, 0.3) is 5.22 Å². The molecule has 5 nitrogen and oxygen atoms in total. The Morgan fingerprint density at radius 2 is 1.96 bits per heavy atom. The molecule has 0 aliphatic carbocycles. The van der Waals surface area contributed by atoms with Gasteiger partial charge >= 0.3 is 5.63 Å². The quantitative estimate of drug-likeness (QED) is 0.328. The van der Waals surface area contributed by atoms with Crippen LogP contribution in [0.1, 0.15) is 11.1 Å². The van der Waals surface area contributed by atoms with Crippen LogP contribution in [0.3, 0.4) is 0 Å². The molecule has 0 unspecified atom stereocenters. The number of halogens is 1. The van der Waals surface area contributed by atoms with Gasteiger partial charge in [0, 0.05) is 27.2 Å². The number of benzene rings is 2. The number of aryl methyl sites for hydroxylation is 1. The lowest BCUT2D eigenvalue weighted by Crippen LogP contribution is -2.00. The average Bonchev–Trinajstić information content (AvgIpc) is 3.08. The second kappa shape index (κ2) is 7.09. The smallest absolute Gasteiger partial charge is 0.336 e. The summed E-state index contributed by atoms with van der Waals surface area (Å²) in [5, 5.41) is 9.54. The van der Waals surface area contributed by atoms with Gasteiger partial charge in [0.05, 0.1) is 0 Å². The average molecular weight is 429 g/mol. The van der Waals surface area contributed by atoms with Crippen LogP contribution in [0.2, 0.25) is 0 Å². The largest absolute Gasteiger partial charge is 0.423 e. The first-order valence-electron chi connectivity index (χ1n) is 7.84. The molecular weight excluding hydrogens is 416 g/mol. The SMILES string of the molecule is Cc1ccc2c(CSc3nnc(-c4cccc(Br)c4)o3)cc(=O)oc2c1. The molecule has 2 heterocycles. The molecule has 0 aliphatic heterocycles. The highest BCUT2D eigenvalue weighted by Crippen LogP contribution is 2.29. The first-order valence-corrected chi connectivity index (χ1v) is 9.62. The Balaban J connectivity index is 1.58. The van der Waals surface area contributed by atoms with Crippen molar-refractivity contribution in [2.24, 2.45) is 0 Å². The van der Waals surface area contributed by atoms with E-state index in [1.165, 1.54) is 17.8 Å². The van der Waals surface area contributed by atoms with Gasteiger partial charge in [-0.25, -0.2) is 4.79 Å². The monoisotopic (exact) mass is 428 g/mol. The Bertz CT molecular complexity index is 1150. The third kappa shape index (κ3) is 3.59. The van der Waals surface area contributed by atoms with Gasteiger partial charge in [-0.05, 0) is 42.3 Å². The summed E-state index contributed by atoms with van der Waals surface area (Å²) in [6, 6.07) is 15.0. The van der Waals surface area contributed by atoms with E-state index in [0.717, 1.165) is 26.5 Å². The second-order valence-electron chi connectivity index (χ2n) is 5.76. The molecular formula is C19H13BrN2O3S. The van der Waals surface area contributed by atoms with Crippen molar-refractivity contribution in [3.63, 3.8) is 0 Å². The zero-order chi connectivity index (χ0) is 18.1. The molecule has 0 saturated heterocycles. The summed E-state index contributed by atoms with van der Waals surface area (Å²) in [6.07, 6.45) is 0. The molecule has 0 saturated carbocycles. The van der Waals surface area contributed by atoms with E-state index < -0.39 is 0 Å². The normalized spacial score (nSPS) is 11.2. The summed E-state index contributed by atoms with van der Waals surface area (Å²) in [5.41, 5.74) is 3.00. The van der Waals surface area contributed by atoms with Crippen LogP contribution in [0.5, 0.6) is 0 Å². The van der Waals surface area contributed by atoms with Crippen LogP contribution in [-0.2, 0) is 5.75 Å². The second-order valence-corrected chi connectivity index (χ2v) is 7.60. The molecule has 4 aromatic rings. The molecule has 26 heavy (non-hydrogen) atoms. The lowest BCUT2D eigenvalue weighted by atomic mass is 10.1. The molecule has 0 aliphatic rings. The Kier molecular flexibility index (Phi) is 4.65. The Morgan fingerprint density at radius 3 is 2.81 bits per heavy atom. The molecule has 4 rings (SSSR count). The molecule has 0 spiro atoms. The van der Waals surface area contributed by atoms with Gasteiger partial charge in [-0.1, -0.05) is 45.9 Å². The number of hydrogen-bond acceptors (Lipinski definition) is 6. The number of nitrogens with zero attached hydrogens (tertiary/aromatic N) is 2. The Hall–Kier alpha value is -2.38. The maximum absolute atomic E-state index is 11.8. The van der Waals surface area contributed by atoms with Gasteiger partial charge in [-0.3, -0.25) is 0 Å². The summed E-state index contributed by atoms with van der Waals surface area (Å²) in [7, 11) is 0. The van der Waals surface area contributed by atoms with Crippen LogP contribution in [0.15, 0.2) is 71.9 Å². The van der Waals surface area contributed by atoms with Crippen molar-refractivity contribution in [2.45, 2.75) is 17.9 Å². The number of hydrogen-bond donors (Lipinski definition) is 0. The number of fused-ring (bicyclic) bond motifs is 1. The van der Waals surface area contributed by atoms with Gasteiger partial charge < -0.3 is 8.83 Å². The third-order valence-corrected chi connectivity index (χ3v) is 5.18. The highest BCUT2D eigenvalue weighted by Gasteiger charge is 2.12. The molecule has 0 amide bonds. The van der Waals surface area contributed by atoms with E-state index in [2.05, 4.69) is 26.1 Å². The van der Waals surface area contributed by atoms with Crippen LogP contribution in [0.25, 0.3) is 22.4 Å². The van der Waals surface area contributed by atoms with Crippen molar-refractivity contribution in [3.8, 4) is 11.5 Å². The van der Waals surface area contributed by atoms with E-state index in [0.29, 0.717) is 22.4 Å². The molecule has 2 aromatic heterocycles.